The number of nitrogens with zero attached hydrogens (tertiary/aromatic N) is 4. The van der Waals surface area contributed by atoms with E-state index < -0.39 is 11.7 Å². The van der Waals surface area contributed by atoms with Crippen LogP contribution in [0.25, 0.3) is 21.8 Å². The molecule has 9 nitrogen and oxygen atoms in total. The van der Waals surface area contributed by atoms with Gasteiger partial charge in [-0.1, -0.05) is 23.7 Å². The first-order valence-electron chi connectivity index (χ1n) is 15.3. The molecule has 5 aromatic rings. The van der Waals surface area contributed by atoms with E-state index in [2.05, 4.69) is 20.2 Å². The quantitative estimate of drug-likeness (QED) is 0.268. The van der Waals surface area contributed by atoms with Gasteiger partial charge >= 0.3 is 0 Å². The highest BCUT2D eigenvalue weighted by Crippen LogP contribution is 2.34. The van der Waals surface area contributed by atoms with E-state index in [1.165, 1.54) is 6.07 Å². The van der Waals surface area contributed by atoms with E-state index in [9.17, 15) is 18.8 Å². The van der Waals surface area contributed by atoms with Gasteiger partial charge in [0.15, 0.2) is 0 Å². The zero-order chi connectivity index (χ0) is 31.1. The third-order valence-electron chi connectivity index (χ3n) is 9.35. The lowest BCUT2D eigenvalue weighted by Crippen LogP contribution is -2.43. The molecule has 1 fully saturated rings. The molecule has 2 amide bonds. The number of hydrogen-bond donors (Lipinski definition) is 2. The molecule has 0 bridgehead atoms. The van der Waals surface area contributed by atoms with E-state index >= 15 is 0 Å². The number of likely N-dealkylation sites (tertiary alicyclic amines) is 1. The molecule has 2 aromatic carbocycles. The van der Waals surface area contributed by atoms with Crippen LogP contribution < -0.4 is 5.56 Å². The van der Waals surface area contributed by atoms with Crippen LogP contribution in [0, 0.1) is 11.7 Å². The molecule has 0 saturated carbocycles. The number of aryl methyl sites for hydroxylation is 1. The van der Waals surface area contributed by atoms with Gasteiger partial charge in [-0.3, -0.25) is 24.5 Å². The van der Waals surface area contributed by atoms with Gasteiger partial charge in [0.2, 0.25) is 11.8 Å². The smallest absolute Gasteiger partial charge is 0.251 e. The van der Waals surface area contributed by atoms with Crippen LogP contribution in [-0.4, -0.2) is 54.9 Å². The summed E-state index contributed by atoms with van der Waals surface area (Å²) in [5.74, 6) is -1.09. The fourth-order valence-electron chi connectivity index (χ4n) is 6.90. The number of aromatic nitrogens is 4. The fraction of sp³-hybridized carbons (Fsp3) is 0.324. The van der Waals surface area contributed by atoms with E-state index in [1.54, 1.807) is 36.8 Å². The van der Waals surface area contributed by atoms with Crippen molar-refractivity contribution in [1.29, 1.82) is 0 Å². The van der Waals surface area contributed by atoms with Crippen molar-refractivity contribution in [2.24, 2.45) is 5.92 Å². The number of carbonyl (C=O) groups excluding carboxylic acids is 2. The van der Waals surface area contributed by atoms with Crippen molar-refractivity contribution in [3.05, 3.63) is 105 Å². The van der Waals surface area contributed by atoms with Crippen molar-refractivity contribution in [3.63, 3.8) is 0 Å². The van der Waals surface area contributed by atoms with Crippen LogP contribution in [0.2, 0.25) is 5.02 Å². The summed E-state index contributed by atoms with van der Waals surface area (Å²) >= 11 is 6.59. The third-order valence-corrected chi connectivity index (χ3v) is 9.65. The van der Waals surface area contributed by atoms with Crippen molar-refractivity contribution >= 4 is 45.2 Å². The topological polar surface area (TPSA) is 115 Å². The minimum atomic E-state index is -0.484. The number of benzene rings is 2. The first-order valence-corrected chi connectivity index (χ1v) is 15.6. The fourth-order valence-corrected chi connectivity index (χ4v) is 7.17. The Labute approximate surface area is 263 Å². The highest BCUT2D eigenvalue weighted by molar-refractivity contribution is 6.35. The normalized spacial score (nSPS) is 17.8. The van der Waals surface area contributed by atoms with Crippen molar-refractivity contribution < 1.29 is 14.0 Å². The summed E-state index contributed by atoms with van der Waals surface area (Å²) in [5.41, 5.74) is 4.31. The Balaban J connectivity index is 1.09. The molecule has 2 aliphatic heterocycles. The first kappa shape index (κ1) is 29.2. The van der Waals surface area contributed by atoms with Gasteiger partial charge in [-0.2, -0.15) is 5.10 Å². The second-order valence-electron chi connectivity index (χ2n) is 12.1. The molecule has 5 heterocycles. The Bertz CT molecular complexity index is 1970. The average molecular weight is 627 g/mol. The molecular formula is C34H32ClFN6O3. The van der Waals surface area contributed by atoms with Crippen LogP contribution in [0.4, 0.5) is 4.39 Å². The maximum absolute atomic E-state index is 14.2. The minimum absolute atomic E-state index is 0.0367. The second kappa shape index (κ2) is 12.1. The van der Waals surface area contributed by atoms with Crippen molar-refractivity contribution in [2.45, 2.75) is 51.1 Å². The van der Waals surface area contributed by atoms with E-state index in [1.807, 2.05) is 28.0 Å². The van der Waals surface area contributed by atoms with Gasteiger partial charge in [0.1, 0.15) is 5.82 Å². The number of rotatable bonds is 5. The monoisotopic (exact) mass is 626 g/mol. The Hall–Kier alpha value is -4.57. The standard InChI is InChI=1S/C34H32ClFN6O3/c35-28-15-22-4-5-24(34(45)42(18-20-6-10-37-11-7-20)19-27(22)26-17-38-40-32(26)28)16-30(43)41-12-8-21(9-13-41)25-14-23-2-1-3-29(36)31(23)39-33(25)44/h1-3,6-7,10-11,14-15,17,21,24H,4-5,8-9,12-13,16,18-19H2,(H,38,40)(H,39,44)/t24-/m0/s1. The largest absolute Gasteiger partial charge is 0.343 e. The zero-order valence-corrected chi connectivity index (χ0v) is 25.3. The molecule has 45 heavy (non-hydrogen) atoms. The SMILES string of the molecule is O=C(C[C@@H]1CCc2cc(Cl)c3[nH]ncc3c2CN(Cc2ccncc2)C1=O)N1CCC(c2cc3cccc(F)c3[nH]c2=O)CC1. The predicted octanol–water partition coefficient (Wildman–Crippen LogP) is 5.48. The van der Waals surface area contributed by atoms with Crippen molar-refractivity contribution in [1.82, 2.24) is 30.0 Å². The molecule has 0 radical (unpaired) electrons. The highest BCUT2D eigenvalue weighted by Gasteiger charge is 2.33. The number of hydrogen-bond acceptors (Lipinski definition) is 5. The number of fused-ring (bicyclic) bond motifs is 4. The molecule has 1 saturated heterocycles. The third kappa shape index (κ3) is 5.70. The van der Waals surface area contributed by atoms with Gasteiger partial charge in [-0.15, -0.1) is 0 Å². The van der Waals surface area contributed by atoms with Gasteiger partial charge in [0.05, 0.1) is 22.3 Å². The number of amides is 2. The summed E-state index contributed by atoms with van der Waals surface area (Å²) in [7, 11) is 0. The molecule has 0 aliphatic carbocycles. The zero-order valence-electron chi connectivity index (χ0n) is 24.6. The number of nitrogens with one attached hydrogen (secondary N) is 2. The lowest BCUT2D eigenvalue weighted by molar-refractivity contribution is -0.143. The molecule has 0 spiro atoms. The Morgan fingerprint density at radius 1 is 1.04 bits per heavy atom. The van der Waals surface area contributed by atoms with Gasteiger partial charge in [0, 0.05) is 67.2 Å². The Kier molecular flexibility index (Phi) is 7.83. The number of pyridine rings is 2. The maximum atomic E-state index is 14.2. The van der Waals surface area contributed by atoms with Crippen LogP contribution >= 0.6 is 11.6 Å². The number of aromatic amines is 2. The number of H-pyrrole nitrogens is 2. The summed E-state index contributed by atoms with van der Waals surface area (Å²) < 4.78 is 14.2. The van der Waals surface area contributed by atoms with Crippen LogP contribution in [0.1, 0.15) is 53.9 Å². The predicted molar refractivity (Wildman–Crippen MR) is 169 cm³/mol. The number of carbonyl (C=O) groups is 2. The van der Waals surface area contributed by atoms with E-state index in [0.717, 1.165) is 27.6 Å². The molecule has 2 N–H and O–H groups in total. The molecule has 2 aliphatic rings. The van der Waals surface area contributed by atoms with Gasteiger partial charge < -0.3 is 14.8 Å². The summed E-state index contributed by atoms with van der Waals surface area (Å²) in [6, 6.07) is 12.2. The Morgan fingerprint density at radius 2 is 1.84 bits per heavy atom. The van der Waals surface area contributed by atoms with Crippen LogP contribution in [0.15, 0.2) is 65.8 Å². The summed E-state index contributed by atoms with van der Waals surface area (Å²) in [5, 5.41) is 9.30. The van der Waals surface area contributed by atoms with Crippen LogP contribution in [-0.2, 0) is 29.1 Å². The first-order chi connectivity index (χ1) is 21.9. The number of para-hydroxylation sites is 1. The molecule has 230 valence electrons. The van der Waals surface area contributed by atoms with E-state index in [0.29, 0.717) is 67.8 Å². The lowest BCUT2D eigenvalue weighted by atomic mass is 9.87. The summed E-state index contributed by atoms with van der Waals surface area (Å²) in [6.07, 6.45) is 7.67. The maximum Gasteiger partial charge on any atom is 0.251 e. The number of halogens is 2. The Morgan fingerprint density at radius 3 is 2.64 bits per heavy atom. The van der Waals surface area contributed by atoms with E-state index in [-0.39, 0.29) is 35.2 Å². The van der Waals surface area contributed by atoms with Crippen LogP contribution in [0.5, 0.6) is 0 Å². The molecule has 0 unspecified atom stereocenters. The van der Waals surface area contributed by atoms with Crippen LogP contribution in [0.3, 0.4) is 0 Å². The molecular weight excluding hydrogens is 595 g/mol. The van der Waals surface area contributed by atoms with Gasteiger partial charge in [-0.25, -0.2) is 4.39 Å². The van der Waals surface area contributed by atoms with Crippen molar-refractivity contribution in [3.8, 4) is 0 Å². The summed E-state index contributed by atoms with van der Waals surface area (Å²) in [6.45, 7) is 1.75. The number of piperidine rings is 1. The summed E-state index contributed by atoms with van der Waals surface area (Å²) in [4.78, 5) is 51.0. The highest BCUT2D eigenvalue weighted by atomic mass is 35.5. The van der Waals surface area contributed by atoms with Gasteiger partial charge in [0.25, 0.3) is 5.56 Å². The molecule has 3 aromatic heterocycles. The second-order valence-corrected chi connectivity index (χ2v) is 12.5. The van der Waals surface area contributed by atoms with E-state index in [4.69, 9.17) is 11.6 Å². The van der Waals surface area contributed by atoms with Gasteiger partial charge in [-0.05, 0) is 78.6 Å². The molecule has 11 heteroatoms. The van der Waals surface area contributed by atoms with Crippen molar-refractivity contribution in [2.75, 3.05) is 13.1 Å². The molecule has 1 atom stereocenters. The lowest BCUT2D eigenvalue weighted by Gasteiger charge is -2.34. The molecule has 7 rings (SSSR count). The average Bonchev–Trinajstić information content (AvgIpc) is 3.55. The minimum Gasteiger partial charge on any atom is -0.343 e.